The number of amides is 1. The summed E-state index contributed by atoms with van der Waals surface area (Å²) in [7, 11) is 3.58. The summed E-state index contributed by atoms with van der Waals surface area (Å²) < 4.78 is 11.2. The number of fused-ring (bicyclic) bond motifs is 1. The number of hydrogen-bond acceptors (Lipinski definition) is 4. The summed E-state index contributed by atoms with van der Waals surface area (Å²) in [5.74, 6) is 3.30. The lowest BCUT2D eigenvalue weighted by Gasteiger charge is -2.40. The SMILES string of the molecule is CN=C(NCC1(c2ccc3c(c2)OCO3)CCCCC1)N1CCC(CC(=O)NC)CC1.I. The van der Waals surface area contributed by atoms with Crippen molar-refractivity contribution in [2.75, 3.05) is 40.5 Å². The summed E-state index contributed by atoms with van der Waals surface area (Å²) in [6.45, 7) is 3.07. The zero-order valence-corrected chi connectivity index (χ0v) is 21.7. The predicted octanol–water partition coefficient (Wildman–Crippen LogP) is 3.66. The number of rotatable bonds is 5. The number of halogens is 1. The topological polar surface area (TPSA) is 75.2 Å². The molecule has 1 amide bonds. The molecule has 2 heterocycles. The molecule has 1 aromatic carbocycles. The molecule has 2 N–H and O–H groups in total. The molecule has 0 unspecified atom stereocenters. The quantitative estimate of drug-likeness (QED) is 0.329. The van der Waals surface area contributed by atoms with Gasteiger partial charge in [0.15, 0.2) is 17.5 Å². The van der Waals surface area contributed by atoms with Crippen molar-refractivity contribution in [1.82, 2.24) is 15.5 Å². The van der Waals surface area contributed by atoms with Crippen molar-refractivity contribution in [1.29, 1.82) is 0 Å². The summed E-state index contributed by atoms with van der Waals surface area (Å²) in [6.07, 6.45) is 8.83. The van der Waals surface area contributed by atoms with E-state index in [0.29, 0.717) is 19.1 Å². The molecule has 2 aliphatic heterocycles. The average molecular weight is 556 g/mol. The first-order valence-electron chi connectivity index (χ1n) is 11.7. The van der Waals surface area contributed by atoms with E-state index in [0.717, 1.165) is 49.9 Å². The molecule has 0 spiro atoms. The number of ether oxygens (including phenoxy) is 2. The minimum atomic E-state index is 0. The first kappa shape index (κ1) is 24.9. The first-order chi connectivity index (χ1) is 15.1. The van der Waals surface area contributed by atoms with E-state index in [1.807, 2.05) is 7.05 Å². The van der Waals surface area contributed by atoms with Gasteiger partial charge in [0, 0.05) is 45.6 Å². The van der Waals surface area contributed by atoms with Crippen molar-refractivity contribution in [3.63, 3.8) is 0 Å². The molecule has 32 heavy (non-hydrogen) atoms. The van der Waals surface area contributed by atoms with Crippen LogP contribution < -0.4 is 20.1 Å². The Kier molecular flexibility index (Phi) is 8.90. The van der Waals surface area contributed by atoms with Crippen molar-refractivity contribution in [3.05, 3.63) is 23.8 Å². The third-order valence-corrected chi connectivity index (χ3v) is 7.26. The van der Waals surface area contributed by atoms with Crippen LogP contribution in [0.5, 0.6) is 11.5 Å². The van der Waals surface area contributed by atoms with E-state index in [4.69, 9.17) is 9.47 Å². The number of aliphatic imine (C=N–C) groups is 1. The van der Waals surface area contributed by atoms with E-state index in [-0.39, 0.29) is 35.3 Å². The van der Waals surface area contributed by atoms with E-state index < -0.39 is 0 Å². The third kappa shape index (κ3) is 5.61. The van der Waals surface area contributed by atoms with Crippen LogP contribution in [0.25, 0.3) is 0 Å². The zero-order valence-electron chi connectivity index (χ0n) is 19.3. The van der Waals surface area contributed by atoms with Crippen LogP contribution in [-0.2, 0) is 10.2 Å². The van der Waals surface area contributed by atoms with E-state index >= 15 is 0 Å². The molecule has 0 radical (unpaired) electrons. The summed E-state index contributed by atoms with van der Waals surface area (Å²) in [4.78, 5) is 18.6. The molecule has 1 saturated carbocycles. The van der Waals surface area contributed by atoms with Crippen LogP contribution in [0.15, 0.2) is 23.2 Å². The molecule has 8 heteroatoms. The summed E-state index contributed by atoms with van der Waals surface area (Å²) in [6, 6.07) is 6.45. The Morgan fingerprint density at radius 2 is 1.88 bits per heavy atom. The van der Waals surface area contributed by atoms with Gasteiger partial charge in [0.1, 0.15) is 0 Å². The van der Waals surface area contributed by atoms with Gasteiger partial charge in [-0.05, 0) is 49.3 Å². The van der Waals surface area contributed by atoms with Crippen molar-refractivity contribution in [2.45, 2.75) is 56.8 Å². The monoisotopic (exact) mass is 556 g/mol. The van der Waals surface area contributed by atoms with Gasteiger partial charge in [-0.1, -0.05) is 25.3 Å². The molecule has 1 aliphatic carbocycles. The Morgan fingerprint density at radius 3 is 2.56 bits per heavy atom. The molecule has 0 bridgehead atoms. The first-order valence-corrected chi connectivity index (χ1v) is 11.7. The highest BCUT2D eigenvalue weighted by molar-refractivity contribution is 14.0. The van der Waals surface area contributed by atoms with Crippen LogP contribution in [0.2, 0.25) is 0 Å². The second-order valence-corrected chi connectivity index (χ2v) is 9.12. The van der Waals surface area contributed by atoms with Crippen molar-refractivity contribution >= 4 is 35.8 Å². The highest BCUT2D eigenvalue weighted by Gasteiger charge is 2.36. The maximum Gasteiger partial charge on any atom is 0.231 e. The van der Waals surface area contributed by atoms with Crippen LogP contribution in [-0.4, -0.2) is 57.3 Å². The average Bonchev–Trinajstić information content (AvgIpc) is 3.29. The maximum atomic E-state index is 11.7. The van der Waals surface area contributed by atoms with E-state index in [9.17, 15) is 4.79 Å². The number of hydrogen-bond donors (Lipinski definition) is 2. The normalized spacial score (nSPS) is 20.4. The lowest BCUT2D eigenvalue weighted by atomic mass is 9.69. The molecule has 2 fully saturated rings. The van der Waals surface area contributed by atoms with Gasteiger partial charge in [0.25, 0.3) is 0 Å². The Hall–Kier alpha value is -1.71. The van der Waals surface area contributed by atoms with Gasteiger partial charge in [-0.2, -0.15) is 0 Å². The largest absolute Gasteiger partial charge is 0.454 e. The highest BCUT2D eigenvalue weighted by atomic mass is 127. The minimum Gasteiger partial charge on any atom is -0.454 e. The fourth-order valence-corrected chi connectivity index (χ4v) is 5.32. The lowest BCUT2D eigenvalue weighted by molar-refractivity contribution is -0.121. The van der Waals surface area contributed by atoms with Crippen molar-refractivity contribution in [3.8, 4) is 11.5 Å². The van der Waals surface area contributed by atoms with Gasteiger partial charge in [-0.15, -0.1) is 24.0 Å². The summed E-state index contributed by atoms with van der Waals surface area (Å²) in [5, 5.41) is 6.45. The van der Waals surface area contributed by atoms with Gasteiger partial charge < -0.3 is 25.0 Å². The van der Waals surface area contributed by atoms with Crippen molar-refractivity contribution in [2.24, 2.45) is 10.9 Å². The summed E-state index contributed by atoms with van der Waals surface area (Å²) >= 11 is 0. The number of guanidine groups is 1. The smallest absolute Gasteiger partial charge is 0.231 e. The zero-order chi connectivity index (χ0) is 21.7. The Morgan fingerprint density at radius 1 is 1.16 bits per heavy atom. The molecular weight excluding hydrogens is 519 g/mol. The number of benzene rings is 1. The fourth-order valence-electron chi connectivity index (χ4n) is 5.32. The molecule has 0 atom stereocenters. The number of nitrogens with one attached hydrogen (secondary N) is 2. The molecule has 178 valence electrons. The maximum absolute atomic E-state index is 11.7. The standard InChI is InChI=1S/C24H36N4O3.HI/c1-25-22(29)14-18-8-12-28(13-9-18)23(26-2)27-16-24(10-4-3-5-11-24)19-6-7-20-21(15-19)31-17-30-20;/h6-7,15,18H,3-5,8-14,16-17H2,1-2H3,(H,25,29)(H,26,27);1H. The van der Waals surface area contributed by atoms with Crippen LogP contribution in [0.4, 0.5) is 0 Å². The Balaban J connectivity index is 0.00000289. The van der Waals surface area contributed by atoms with Crippen LogP contribution in [0.3, 0.4) is 0 Å². The lowest BCUT2D eigenvalue weighted by Crippen LogP contribution is -2.50. The number of likely N-dealkylation sites (tertiary alicyclic amines) is 1. The fraction of sp³-hybridized carbons (Fsp3) is 0.667. The van der Waals surface area contributed by atoms with Gasteiger partial charge in [-0.25, -0.2) is 0 Å². The third-order valence-electron chi connectivity index (χ3n) is 7.26. The molecule has 7 nitrogen and oxygen atoms in total. The van der Waals surface area contributed by atoms with Crippen LogP contribution in [0, 0.1) is 5.92 Å². The number of carbonyl (C=O) groups is 1. The molecule has 4 rings (SSSR count). The number of nitrogens with zero attached hydrogens (tertiary/aromatic N) is 2. The van der Waals surface area contributed by atoms with E-state index in [2.05, 4.69) is 38.7 Å². The second-order valence-electron chi connectivity index (χ2n) is 9.12. The second kappa shape index (κ2) is 11.4. The Bertz CT molecular complexity index is 802. The summed E-state index contributed by atoms with van der Waals surface area (Å²) in [5.41, 5.74) is 1.43. The number of carbonyl (C=O) groups excluding carboxylic acids is 1. The molecule has 1 aromatic rings. The Labute approximate surface area is 208 Å². The van der Waals surface area contributed by atoms with Crippen molar-refractivity contribution < 1.29 is 14.3 Å². The van der Waals surface area contributed by atoms with E-state index in [1.54, 1.807) is 7.05 Å². The van der Waals surface area contributed by atoms with Gasteiger partial charge in [0.05, 0.1) is 0 Å². The molecular formula is C24H37IN4O3. The van der Waals surface area contributed by atoms with Gasteiger partial charge in [0.2, 0.25) is 12.7 Å². The van der Waals surface area contributed by atoms with Gasteiger partial charge >= 0.3 is 0 Å². The molecule has 3 aliphatic rings. The van der Waals surface area contributed by atoms with Gasteiger partial charge in [-0.3, -0.25) is 9.79 Å². The molecule has 0 aromatic heterocycles. The molecule has 1 saturated heterocycles. The van der Waals surface area contributed by atoms with E-state index in [1.165, 1.54) is 37.7 Å². The van der Waals surface area contributed by atoms with Crippen LogP contribution in [0.1, 0.15) is 56.9 Å². The highest BCUT2D eigenvalue weighted by Crippen LogP contribution is 2.43. The minimum absolute atomic E-state index is 0. The number of piperidine rings is 1. The predicted molar refractivity (Wildman–Crippen MR) is 137 cm³/mol. The van der Waals surface area contributed by atoms with Crippen LogP contribution >= 0.6 is 24.0 Å².